The second-order valence-electron chi connectivity index (χ2n) is 2.33. The van der Waals surface area contributed by atoms with Crippen molar-refractivity contribution < 1.29 is 14.7 Å². The normalized spacial score (nSPS) is 11.8. The summed E-state index contributed by atoms with van der Waals surface area (Å²) in [5.41, 5.74) is 0. The first-order chi connectivity index (χ1) is 6.18. The summed E-state index contributed by atoms with van der Waals surface area (Å²) in [4.78, 5) is 14.1. The van der Waals surface area contributed by atoms with E-state index in [1.165, 1.54) is 6.92 Å². The SMILES string of the molecule is CC(Oc1ccccc1)O[N+](=O)[O-]. The van der Waals surface area contributed by atoms with E-state index in [2.05, 4.69) is 4.84 Å². The van der Waals surface area contributed by atoms with Crippen LogP contribution in [0, 0.1) is 10.1 Å². The highest BCUT2D eigenvalue weighted by Gasteiger charge is 2.07. The van der Waals surface area contributed by atoms with Crippen LogP contribution >= 0.6 is 0 Å². The van der Waals surface area contributed by atoms with Gasteiger partial charge in [-0.15, -0.1) is 10.1 Å². The molecular weight excluding hydrogens is 174 g/mol. The molecule has 0 spiro atoms. The van der Waals surface area contributed by atoms with Crippen LogP contribution in [0.25, 0.3) is 0 Å². The standard InChI is InChI=1S/C8H9NO4/c1-7(13-9(10)11)12-8-5-3-2-4-6-8/h2-7H,1H3. The third kappa shape index (κ3) is 3.42. The Hall–Kier alpha value is -1.78. The van der Waals surface area contributed by atoms with Gasteiger partial charge in [0, 0.05) is 0 Å². The number of benzene rings is 1. The van der Waals surface area contributed by atoms with Crippen LogP contribution < -0.4 is 4.74 Å². The van der Waals surface area contributed by atoms with Crippen LogP contribution in [0.5, 0.6) is 5.75 Å². The number of hydrogen-bond donors (Lipinski definition) is 0. The number of nitrogens with zero attached hydrogens (tertiary/aromatic N) is 1. The number of hydrogen-bond acceptors (Lipinski definition) is 4. The van der Waals surface area contributed by atoms with Crippen molar-refractivity contribution >= 4 is 0 Å². The lowest BCUT2D eigenvalue weighted by molar-refractivity contribution is -0.776. The molecular formula is C8H9NO4. The second-order valence-corrected chi connectivity index (χ2v) is 2.33. The molecule has 70 valence electrons. The summed E-state index contributed by atoms with van der Waals surface area (Å²) in [6.07, 6.45) is -0.891. The zero-order valence-electron chi connectivity index (χ0n) is 7.04. The summed E-state index contributed by atoms with van der Waals surface area (Å²) in [6, 6.07) is 8.76. The maximum absolute atomic E-state index is 9.90. The molecule has 13 heavy (non-hydrogen) atoms. The van der Waals surface area contributed by atoms with Gasteiger partial charge in [0.15, 0.2) is 0 Å². The summed E-state index contributed by atoms with van der Waals surface area (Å²) in [6.45, 7) is 1.45. The van der Waals surface area contributed by atoms with Gasteiger partial charge in [-0.2, -0.15) is 0 Å². The lowest BCUT2D eigenvalue weighted by Crippen LogP contribution is -2.19. The van der Waals surface area contributed by atoms with Gasteiger partial charge in [-0.1, -0.05) is 18.2 Å². The summed E-state index contributed by atoms with van der Waals surface area (Å²) in [5.74, 6) is 0.539. The Morgan fingerprint density at radius 2 is 2.00 bits per heavy atom. The van der Waals surface area contributed by atoms with Crippen LogP contribution in [-0.2, 0) is 4.84 Å². The van der Waals surface area contributed by atoms with E-state index in [9.17, 15) is 10.1 Å². The van der Waals surface area contributed by atoms with E-state index in [0.29, 0.717) is 5.75 Å². The molecule has 0 amide bonds. The van der Waals surface area contributed by atoms with Crippen LogP contribution in [0.3, 0.4) is 0 Å². The smallest absolute Gasteiger partial charge is 0.298 e. The molecule has 1 unspecified atom stereocenters. The summed E-state index contributed by atoms with van der Waals surface area (Å²) >= 11 is 0. The Balaban J connectivity index is 2.45. The lowest BCUT2D eigenvalue weighted by atomic mass is 10.3. The molecule has 0 heterocycles. The van der Waals surface area contributed by atoms with Gasteiger partial charge < -0.3 is 4.74 Å². The topological polar surface area (TPSA) is 61.6 Å². The van der Waals surface area contributed by atoms with Gasteiger partial charge in [0.1, 0.15) is 5.75 Å². The summed E-state index contributed by atoms with van der Waals surface area (Å²) in [5, 5.41) is 9.02. The van der Waals surface area contributed by atoms with Gasteiger partial charge in [0.05, 0.1) is 0 Å². The van der Waals surface area contributed by atoms with Gasteiger partial charge in [-0.05, 0) is 19.1 Å². The molecule has 5 heteroatoms. The van der Waals surface area contributed by atoms with E-state index >= 15 is 0 Å². The molecule has 0 saturated carbocycles. The van der Waals surface area contributed by atoms with E-state index in [1.807, 2.05) is 6.07 Å². The van der Waals surface area contributed by atoms with Crippen molar-refractivity contribution in [2.45, 2.75) is 13.2 Å². The second kappa shape index (κ2) is 4.30. The van der Waals surface area contributed by atoms with Gasteiger partial charge in [0.25, 0.3) is 5.09 Å². The summed E-state index contributed by atoms with van der Waals surface area (Å²) in [7, 11) is 0. The zero-order valence-corrected chi connectivity index (χ0v) is 7.04. The first kappa shape index (κ1) is 9.31. The van der Waals surface area contributed by atoms with Crippen molar-refractivity contribution in [1.82, 2.24) is 0 Å². The summed E-state index contributed by atoms with van der Waals surface area (Å²) < 4.78 is 5.06. The fourth-order valence-corrected chi connectivity index (χ4v) is 0.833. The predicted octanol–water partition coefficient (Wildman–Crippen LogP) is 1.62. The molecule has 1 rings (SSSR count). The van der Waals surface area contributed by atoms with Crippen molar-refractivity contribution in [3.8, 4) is 5.75 Å². The van der Waals surface area contributed by atoms with Crippen molar-refractivity contribution in [3.63, 3.8) is 0 Å². The quantitative estimate of drug-likeness (QED) is 0.404. The van der Waals surface area contributed by atoms with Gasteiger partial charge >= 0.3 is 0 Å². The lowest BCUT2D eigenvalue weighted by Gasteiger charge is -2.11. The van der Waals surface area contributed by atoms with Crippen molar-refractivity contribution in [1.29, 1.82) is 0 Å². The zero-order chi connectivity index (χ0) is 9.68. The largest absolute Gasteiger partial charge is 0.465 e. The highest BCUT2D eigenvalue weighted by atomic mass is 17.0. The average Bonchev–Trinajstić information content (AvgIpc) is 2.04. The molecule has 0 aliphatic rings. The first-order valence-corrected chi connectivity index (χ1v) is 3.71. The third-order valence-electron chi connectivity index (χ3n) is 1.28. The van der Waals surface area contributed by atoms with Gasteiger partial charge in [-0.3, -0.25) is 4.84 Å². The number of para-hydroxylation sites is 1. The Labute approximate surface area is 75.0 Å². The molecule has 0 bridgehead atoms. The molecule has 0 fully saturated rings. The van der Waals surface area contributed by atoms with Crippen LogP contribution in [0.2, 0.25) is 0 Å². The van der Waals surface area contributed by atoms with Crippen LogP contribution in [0.1, 0.15) is 6.92 Å². The van der Waals surface area contributed by atoms with Gasteiger partial charge in [0.2, 0.25) is 6.29 Å². The average molecular weight is 183 g/mol. The minimum Gasteiger partial charge on any atom is -0.465 e. The Kier molecular flexibility index (Phi) is 3.08. The molecule has 0 aliphatic heterocycles. The minimum atomic E-state index is -0.891. The van der Waals surface area contributed by atoms with E-state index in [0.717, 1.165) is 0 Å². The van der Waals surface area contributed by atoms with E-state index in [-0.39, 0.29) is 0 Å². The van der Waals surface area contributed by atoms with Crippen LogP contribution in [-0.4, -0.2) is 11.4 Å². The molecule has 0 radical (unpaired) electrons. The molecule has 5 nitrogen and oxygen atoms in total. The number of ether oxygens (including phenoxy) is 1. The fourth-order valence-electron chi connectivity index (χ4n) is 0.833. The Morgan fingerprint density at radius 1 is 1.38 bits per heavy atom. The highest BCUT2D eigenvalue weighted by molar-refractivity contribution is 5.20. The number of rotatable bonds is 4. The van der Waals surface area contributed by atoms with E-state index < -0.39 is 11.4 Å². The maximum atomic E-state index is 9.90. The molecule has 0 N–H and O–H groups in total. The highest BCUT2D eigenvalue weighted by Crippen LogP contribution is 2.10. The minimum absolute atomic E-state index is 0.539. The first-order valence-electron chi connectivity index (χ1n) is 3.71. The molecule has 0 aromatic heterocycles. The third-order valence-corrected chi connectivity index (χ3v) is 1.28. The monoisotopic (exact) mass is 183 g/mol. The Morgan fingerprint density at radius 3 is 2.54 bits per heavy atom. The van der Waals surface area contributed by atoms with Crippen molar-refractivity contribution in [3.05, 3.63) is 40.4 Å². The fraction of sp³-hybridized carbons (Fsp3) is 0.250. The molecule has 1 atom stereocenters. The van der Waals surface area contributed by atoms with E-state index in [4.69, 9.17) is 4.74 Å². The molecule has 1 aromatic carbocycles. The van der Waals surface area contributed by atoms with E-state index in [1.54, 1.807) is 24.3 Å². The van der Waals surface area contributed by atoms with Crippen molar-refractivity contribution in [2.24, 2.45) is 0 Å². The molecule has 0 aliphatic carbocycles. The van der Waals surface area contributed by atoms with Crippen molar-refractivity contribution in [2.75, 3.05) is 0 Å². The van der Waals surface area contributed by atoms with Crippen LogP contribution in [0.15, 0.2) is 30.3 Å². The predicted molar refractivity (Wildman–Crippen MR) is 44.6 cm³/mol. The molecule has 1 aromatic rings. The van der Waals surface area contributed by atoms with Gasteiger partial charge in [-0.25, -0.2) is 0 Å². The van der Waals surface area contributed by atoms with Crippen LogP contribution in [0.4, 0.5) is 0 Å². The molecule has 0 saturated heterocycles. The Bertz CT molecular complexity index is 275. The maximum Gasteiger partial charge on any atom is 0.298 e.